The molecule has 0 saturated carbocycles. The van der Waals surface area contributed by atoms with Gasteiger partial charge in [0, 0.05) is 12.1 Å². The summed E-state index contributed by atoms with van der Waals surface area (Å²) in [6.07, 6.45) is 0.726. The molecule has 184 valence electrons. The SMILES string of the molecule is C=Cc1cccc(C(C(=O)NC(C)(C)C)N(CCO)C(=O)C(CO)NC(=O)OC(C)(C)C)c1. The Labute approximate surface area is 195 Å². The number of rotatable bonds is 9. The van der Waals surface area contributed by atoms with Gasteiger partial charge < -0.3 is 30.5 Å². The summed E-state index contributed by atoms with van der Waals surface area (Å²) in [5.41, 5.74) is -0.171. The maximum Gasteiger partial charge on any atom is 0.408 e. The van der Waals surface area contributed by atoms with E-state index in [0.29, 0.717) is 5.56 Å². The summed E-state index contributed by atoms with van der Waals surface area (Å²) in [4.78, 5) is 40.0. The minimum atomic E-state index is -1.38. The number of aliphatic hydroxyl groups is 2. The molecule has 0 aliphatic heterocycles. The summed E-state index contributed by atoms with van der Waals surface area (Å²) in [5.74, 6) is -1.21. The minimum absolute atomic E-state index is 0.203. The number of carbonyl (C=O) groups is 3. The van der Waals surface area contributed by atoms with Gasteiger partial charge in [0.05, 0.1) is 13.2 Å². The van der Waals surface area contributed by atoms with Crippen LogP contribution in [0.25, 0.3) is 6.08 Å². The third kappa shape index (κ3) is 9.23. The number of nitrogens with zero attached hydrogens (tertiary/aromatic N) is 1. The quantitative estimate of drug-likeness (QED) is 0.443. The average Bonchev–Trinajstić information content (AvgIpc) is 2.68. The van der Waals surface area contributed by atoms with Crippen LogP contribution in [-0.2, 0) is 14.3 Å². The van der Waals surface area contributed by atoms with Crippen LogP contribution in [0.5, 0.6) is 0 Å². The zero-order valence-electron chi connectivity index (χ0n) is 20.3. The molecule has 0 heterocycles. The summed E-state index contributed by atoms with van der Waals surface area (Å²) in [5, 5.41) is 24.7. The maximum atomic E-state index is 13.4. The van der Waals surface area contributed by atoms with Gasteiger partial charge in [-0.1, -0.05) is 30.9 Å². The van der Waals surface area contributed by atoms with Gasteiger partial charge in [0.15, 0.2) is 0 Å². The molecule has 0 aliphatic rings. The highest BCUT2D eigenvalue weighted by Gasteiger charge is 2.37. The van der Waals surface area contributed by atoms with Crippen molar-refractivity contribution in [3.8, 4) is 0 Å². The molecule has 0 saturated heterocycles. The first-order valence-corrected chi connectivity index (χ1v) is 10.8. The van der Waals surface area contributed by atoms with Crippen LogP contribution < -0.4 is 10.6 Å². The van der Waals surface area contributed by atoms with Crippen LogP contribution in [0, 0.1) is 0 Å². The topological polar surface area (TPSA) is 128 Å². The largest absolute Gasteiger partial charge is 0.444 e. The van der Waals surface area contributed by atoms with Gasteiger partial charge in [0.25, 0.3) is 0 Å². The Hall–Kier alpha value is -2.91. The lowest BCUT2D eigenvalue weighted by Gasteiger charge is -2.35. The molecule has 9 heteroatoms. The fourth-order valence-electron chi connectivity index (χ4n) is 3.08. The number of carbonyl (C=O) groups excluding carboxylic acids is 3. The zero-order valence-corrected chi connectivity index (χ0v) is 20.3. The van der Waals surface area contributed by atoms with Crippen molar-refractivity contribution >= 4 is 24.0 Å². The third-order valence-corrected chi connectivity index (χ3v) is 4.32. The van der Waals surface area contributed by atoms with E-state index in [0.717, 1.165) is 10.5 Å². The van der Waals surface area contributed by atoms with Crippen molar-refractivity contribution in [2.75, 3.05) is 19.8 Å². The molecule has 1 aromatic rings. The highest BCUT2D eigenvalue weighted by atomic mass is 16.6. The second-order valence-electron chi connectivity index (χ2n) is 9.65. The molecule has 4 N–H and O–H groups in total. The Bertz CT molecular complexity index is 841. The standard InChI is InChI=1S/C24H37N3O6/c1-8-16-10-9-11-17(14-16)19(20(30)26-23(2,3)4)27(12-13-28)21(31)18(15-29)25-22(32)33-24(5,6)7/h8-11,14,18-19,28-29H,1,12-13,15H2,2-7H3,(H,25,32)(H,26,30). The molecule has 0 aromatic heterocycles. The second-order valence-corrected chi connectivity index (χ2v) is 9.65. The number of benzene rings is 1. The highest BCUT2D eigenvalue weighted by Crippen LogP contribution is 2.25. The van der Waals surface area contributed by atoms with E-state index in [1.807, 2.05) is 0 Å². The molecule has 2 unspecified atom stereocenters. The van der Waals surface area contributed by atoms with E-state index in [2.05, 4.69) is 17.2 Å². The first-order chi connectivity index (χ1) is 15.2. The average molecular weight is 464 g/mol. The van der Waals surface area contributed by atoms with Gasteiger partial charge in [0.2, 0.25) is 11.8 Å². The molecule has 0 radical (unpaired) electrons. The van der Waals surface area contributed by atoms with Crippen molar-refractivity contribution in [1.29, 1.82) is 0 Å². The number of ether oxygens (including phenoxy) is 1. The molecular formula is C24H37N3O6. The van der Waals surface area contributed by atoms with Gasteiger partial charge in [-0.25, -0.2) is 4.79 Å². The van der Waals surface area contributed by atoms with Gasteiger partial charge >= 0.3 is 6.09 Å². The molecule has 0 fully saturated rings. The van der Waals surface area contributed by atoms with E-state index in [1.165, 1.54) is 0 Å². The van der Waals surface area contributed by atoms with Gasteiger partial charge in [-0.05, 0) is 58.7 Å². The highest BCUT2D eigenvalue weighted by molar-refractivity contribution is 5.92. The van der Waals surface area contributed by atoms with Gasteiger partial charge in [-0.3, -0.25) is 9.59 Å². The van der Waals surface area contributed by atoms with Crippen molar-refractivity contribution in [3.63, 3.8) is 0 Å². The van der Waals surface area contributed by atoms with Crippen molar-refractivity contribution in [2.24, 2.45) is 0 Å². The summed E-state index contributed by atoms with van der Waals surface area (Å²) >= 11 is 0. The zero-order chi connectivity index (χ0) is 25.4. The lowest BCUT2D eigenvalue weighted by Crippen LogP contribution is -2.56. The first kappa shape index (κ1) is 28.1. The van der Waals surface area contributed by atoms with E-state index in [1.54, 1.807) is 71.9 Å². The third-order valence-electron chi connectivity index (χ3n) is 4.32. The maximum absolute atomic E-state index is 13.4. The molecule has 1 aromatic carbocycles. The Morgan fingerprint density at radius 2 is 1.79 bits per heavy atom. The molecule has 9 nitrogen and oxygen atoms in total. The molecule has 2 atom stereocenters. The van der Waals surface area contributed by atoms with Crippen molar-refractivity contribution in [2.45, 2.75) is 64.8 Å². The second kappa shape index (κ2) is 11.8. The number of nitrogens with one attached hydrogen (secondary N) is 2. The van der Waals surface area contributed by atoms with Crippen LogP contribution in [0.15, 0.2) is 30.8 Å². The van der Waals surface area contributed by atoms with E-state index in [-0.39, 0.29) is 6.54 Å². The van der Waals surface area contributed by atoms with E-state index < -0.39 is 54.3 Å². The fourth-order valence-corrected chi connectivity index (χ4v) is 3.08. The minimum Gasteiger partial charge on any atom is -0.444 e. The van der Waals surface area contributed by atoms with Gasteiger partial charge in [0.1, 0.15) is 17.7 Å². The predicted molar refractivity (Wildman–Crippen MR) is 126 cm³/mol. The molecule has 33 heavy (non-hydrogen) atoms. The lowest BCUT2D eigenvalue weighted by atomic mass is 9.99. The van der Waals surface area contributed by atoms with Crippen LogP contribution >= 0.6 is 0 Å². The number of hydrogen-bond donors (Lipinski definition) is 4. The van der Waals surface area contributed by atoms with Crippen molar-refractivity contribution < 1.29 is 29.3 Å². The van der Waals surface area contributed by atoms with Crippen molar-refractivity contribution in [1.82, 2.24) is 15.5 Å². The van der Waals surface area contributed by atoms with Crippen molar-refractivity contribution in [3.05, 3.63) is 42.0 Å². The van der Waals surface area contributed by atoms with E-state index in [4.69, 9.17) is 4.74 Å². The summed E-state index contributed by atoms with van der Waals surface area (Å²) in [6.45, 7) is 12.8. The monoisotopic (exact) mass is 463 g/mol. The summed E-state index contributed by atoms with van der Waals surface area (Å²) in [7, 11) is 0. The van der Waals surface area contributed by atoms with E-state index >= 15 is 0 Å². The van der Waals surface area contributed by atoms with Crippen LogP contribution in [0.3, 0.4) is 0 Å². The molecule has 0 bridgehead atoms. The summed E-state index contributed by atoms with van der Waals surface area (Å²) < 4.78 is 5.18. The van der Waals surface area contributed by atoms with Crippen LogP contribution in [0.1, 0.15) is 58.7 Å². The van der Waals surface area contributed by atoms with Crippen LogP contribution in [0.2, 0.25) is 0 Å². The number of amides is 3. The van der Waals surface area contributed by atoms with Gasteiger partial charge in [-0.15, -0.1) is 0 Å². The Balaban J connectivity index is 3.40. The number of hydrogen-bond acceptors (Lipinski definition) is 6. The van der Waals surface area contributed by atoms with Crippen LogP contribution in [-0.4, -0.2) is 70.0 Å². The molecule has 0 spiro atoms. The Kier molecular flexibility index (Phi) is 10.1. The number of aliphatic hydroxyl groups excluding tert-OH is 2. The smallest absolute Gasteiger partial charge is 0.408 e. The lowest BCUT2D eigenvalue weighted by molar-refractivity contribution is -0.144. The summed E-state index contributed by atoms with van der Waals surface area (Å²) in [6, 6.07) is 4.43. The molecule has 1 rings (SSSR count). The van der Waals surface area contributed by atoms with E-state index in [9.17, 15) is 24.6 Å². The first-order valence-electron chi connectivity index (χ1n) is 10.8. The fraction of sp³-hybridized carbons (Fsp3) is 0.542. The van der Waals surface area contributed by atoms with Crippen LogP contribution in [0.4, 0.5) is 4.79 Å². The number of alkyl carbamates (subject to hydrolysis) is 1. The molecular weight excluding hydrogens is 426 g/mol. The Morgan fingerprint density at radius 3 is 2.27 bits per heavy atom. The predicted octanol–water partition coefficient (Wildman–Crippen LogP) is 1.99. The molecule has 0 aliphatic carbocycles. The normalized spacial score (nSPS) is 13.5. The Morgan fingerprint density at radius 1 is 1.15 bits per heavy atom. The van der Waals surface area contributed by atoms with Gasteiger partial charge in [-0.2, -0.15) is 0 Å². The molecule has 3 amide bonds.